The number of aromatic nitrogens is 1. The molecule has 2 aromatic carbocycles. The number of sulfonamides is 1. The number of carbonyl (C=O) groups is 1. The lowest BCUT2D eigenvalue weighted by Gasteiger charge is -2.24. The number of hydrogen-bond donors (Lipinski definition) is 0. The predicted octanol–water partition coefficient (Wildman–Crippen LogP) is 3.68. The molecule has 1 amide bonds. The molecule has 2 aliphatic rings. The van der Waals surface area contributed by atoms with Crippen LogP contribution in [0.5, 0.6) is 17.2 Å². The van der Waals surface area contributed by atoms with E-state index in [9.17, 15) is 13.2 Å². The van der Waals surface area contributed by atoms with Crippen molar-refractivity contribution in [1.82, 2.24) is 14.2 Å². The SMILES string of the molecule is COc1cccc(OC)c1C(=O)N1C[C@@H](OC)[C@H](Oc2cccc(CS(=O)(=O)N3CCCC3c3ccccn3)c2)C1. The Morgan fingerprint density at radius 1 is 0.951 bits per heavy atom. The average molecular weight is 582 g/mol. The number of benzene rings is 2. The molecule has 0 saturated carbocycles. The number of carbonyl (C=O) groups excluding carboxylic acids is 1. The number of likely N-dealkylation sites (tertiary alicyclic amines) is 1. The third kappa shape index (κ3) is 6.17. The Bertz CT molecular complexity index is 1450. The molecule has 0 bridgehead atoms. The van der Waals surface area contributed by atoms with Gasteiger partial charge in [-0.1, -0.05) is 24.3 Å². The van der Waals surface area contributed by atoms with Crippen LogP contribution in [0.4, 0.5) is 0 Å². The molecule has 41 heavy (non-hydrogen) atoms. The van der Waals surface area contributed by atoms with E-state index < -0.39 is 16.1 Å². The number of nitrogens with zero attached hydrogens (tertiary/aromatic N) is 3. The lowest BCUT2D eigenvalue weighted by Crippen LogP contribution is -2.32. The van der Waals surface area contributed by atoms with Gasteiger partial charge in [0, 0.05) is 19.9 Å². The van der Waals surface area contributed by atoms with E-state index in [1.807, 2.05) is 18.2 Å². The van der Waals surface area contributed by atoms with Crippen molar-refractivity contribution in [2.24, 2.45) is 0 Å². The summed E-state index contributed by atoms with van der Waals surface area (Å²) in [5.41, 5.74) is 1.72. The van der Waals surface area contributed by atoms with Crippen LogP contribution in [0.3, 0.4) is 0 Å². The Morgan fingerprint density at radius 3 is 2.37 bits per heavy atom. The Balaban J connectivity index is 1.29. The van der Waals surface area contributed by atoms with Crippen molar-refractivity contribution in [2.45, 2.75) is 36.8 Å². The normalized spacial score (nSPS) is 21.1. The minimum absolute atomic E-state index is 0.149. The van der Waals surface area contributed by atoms with Gasteiger partial charge in [0.2, 0.25) is 10.0 Å². The summed E-state index contributed by atoms with van der Waals surface area (Å²) in [6.45, 7) is 1.07. The fraction of sp³-hybridized carbons (Fsp3) is 0.400. The van der Waals surface area contributed by atoms with Crippen LogP contribution in [-0.2, 0) is 20.5 Å². The van der Waals surface area contributed by atoms with E-state index in [-0.39, 0.29) is 30.4 Å². The summed E-state index contributed by atoms with van der Waals surface area (Å²) in [5, 5.41) is 0. The van der Waals surface area contributed by atoms with Crippen molar-refractivity contribution in [2.75, 3.05) is 41.0 Å². The molecule has 11 heteroatoms. The van der Waals surface area contributed by atoms with Gasteiger partial charge < -0.3 is 23.8 Å². The van der Waals surface area contributed by atoms with Crippen LogP contribution in [0.25, 0.3) is 0 Å². The van der Waals surface area contributed by atoms with Crippen LogP contribution in [0, 0.1) is 0 Å². The van der Waals surface area contributed by atoms with Crippen LogP contribution >= 0.6 is 0 Å². The Morgan fingerprint density at radius 2 is 1.68 bits per heavy atom. The number of hydrogen-bond acceptors (Lipinski definition) is 8. The molecule has 5 rings (SSSR count). The number of ether oxygens (including phenoxy) is 4. The second-order valence-electron chi connectivity index (χ2n) is 10.1. The molecule has 0 aliphatic carbocycles. The van der Waals surface area contributed by atoms with Crippen molar-refractivity contribution < 1.29 is 32.2 Å². The van der Waals surface area contributed by atoms with Gasteiger partial charge in [-0.05, 0) is 54.8 Å². The third-order valence-electron chi connectivity index (χ3n) is 7.57. The number of amides is 1. The highest BCUT2D eigenvalue weighted by Crippen LogP contribution is 2.35. The minimum Gasteiger partial charge on any atom is -0.496 e. The van der Waals surface area contributed by atoms with E-state index in [2.05, 4.69) is 4.98 Å². The van der Waals surface area contributed by atoms with Crippen molar-refractivity contribution in [3.8, 4) is 17.2 Å². The third-order valence-corrected chi connectivity index (χ3v) is 9.42. The summed E-state index contributed by atoms with van der Waals surface area (Å²) in [4.78, 5) is 19.6. The summed E-state index contributed by atoms with van der Waals surface area (Å²) >= 11 is 0. The Kier molecular flexibility index (Phi) is 8.77. The quantitative estimate of drug-likeness (QED) is 0.357. The zero-order valence-corrected chi connectivity index (χ0v) is 24.2. The molecule has 0 spiro atoms. The first-order chi connectivity index (χ1) is 19.8. The van der Waals surface area contributed by atoms with Crippen molar-refractivity contribution in [1.29, 1.82) is 0 Å². The van der Waals surface area contributed by atoms with Crippen LogP contribution in [0.15, 0.2) is 66.9 Å². The van der Waals surface area contributed by atoms with Gasteiger partial charge in [-0.3, -0.25) is 9.78 Å². The molecular weight excluding hydrogens is 546 g/mol. The van der Waals surface area contributed by atoms with Crippen LogP contribution in [0.1, 0.15) is 40.5 Å². The number of pyridine rings is 1. The molecule has 0 radical (unpaired) electrons. The molecular formula is C30H35N3O7S. The molecule has 0 N–H and O–H groups in total. The molecule has 2 aliphatic heterocycles. The molecule has 2 saturated heterocycles. The largest absolute Gasteiger partial charge is 0.496 e. The van der Waals surface area contributed by atoms with Crippen molar-refractivity contribution >= 4 is 15.9 Å². The lowest BCUT2D eigenvalue weighted by molar-refractivity contribution is 0.0339. The smallest absolute Gasteiger partial charge is 0.261 e. The molecule has 10 nitrogen and oxygen atoms in total. The van der Waals surface area contributed by atoms with Crippen molar-refractivity contribution in [3.05, 3.63) is 83.7 Å². The molecule has 1 unspecified atom stereocenters. The minimum atomic E-state index is -3.60. The van der Waals surface area contributed by atoms with Gasteiger partial charge in [0.05, 0.1) is 44.8 Å². The Labute approximate surface area is 240 Å². The maximum absolute atomic E-state index is 13.5. The summed E-state index contributed by atoms with van der Waals surface area (Å²) in [6, 6.07) is 17.6. The van der Waals surface area contributed by atoms with E-state index in [4.69, 9.17) is 18.9 Å². The van der Waals surface area contributed by atoms with E-state index >= 15 is 0 Å². The molecule has 3 atom stereocenters. The first kappa shape index (κ1) is 28.8. The Hall–Kier alpha value is -3.67. The van der Waals surface area contributed by atoms with Gasteiger partial charge in [0.25, 0.3) is 5.91 Å². The lowest BCUT2D eigenvalue weighted by atomic mass is 10.1. The molecule has 218 valence electrons. The van der Waals surface area contributed by atoms with E-state index in [1.165, 1.54) is 14.2 Å². The van der Waals surface area contributed by atoms with E-state index in [0.717, 1.165) is 18.5 Å². The van der Waals surface area contributed by atoms with E-state index in [1.54, 1.807) is 65.0 Å². The van der Waals surface area contributed by atoms with Gasteiger partial charge in [-0.2, -0.15) is 4.31 Å². The molecule has 2 fully saturated rings. The maximum Gasteiger partial charge on any atom is 0.261 e. The summed E-state index contributed by atoms with van der Waals surface area (Å²) < 4.78 is 51.3. The monoisotopic (exact) mass is 581 g/mol. The summed E-state index contributed by atoms with van der Waals surface area (Å²) in [7, 11) is 1.000. The zero-order valence-electron chi connectivity index (χ0n) is 23.4. The van der Waals surface area contributed by atoms with Gasteiger partial charge in [-0.25, -0.2) is 8.42 Å². The number of rotatable bonds is 10. The second kappa shape index (κ2) is 12.5. The van der Waals surface area contributed by atoms with E-state index in [0.29, 0.717) is 41.5 Å². The maximum atomic E-state index is 13.5. The highest BCUT2D eigenvalue weighted by atomic mass is 32.2. The van der Waals surface area contributed by atoms with Gasteiger partial charge >= 0.3 is 0 Å². The second-order valence-corrected chi connectivity index (χ2v) is 12.0. The van der Waals surface area contributed by atoms with Gasteiger partial charge in [0.1, 0.15) is 35.0 Å². The molecule has 3 aromatic rings. The van der Waals surface area contributed by atoms with Crippen molar-refractivity contribution in [3.63, 3.8) is 0 Å². The van der Waals surface area contributed by atoms with Gasteiger partial charge in [0.15, 0.2) is 0 Å². The van der Waals surface area contributed by atoms with Crippen LogP contribution < -0.4 is 14.2 Å². The predicted molar refractivity (Wildman–Crippen MR) is 153 cm³/mol. The van der Waals surface area contributed by atoms with Crippen LogP contribution in [0.2, 0.25) is 0 Å². The summed E-state index contributed by atoms with van der Waals surface area (Å²) in [6.07, 6.45) is 2.39. The van der Waals surface area contributed by atoms with Gasteiger partial charge in [-0.15, -0.1) is 0 Å². The fourth-order valence-corrected chi connectivity index (χ4v) is 7.36. The first-order valence-corrected chi connectivity index (χ1v) is 15.1. The topological polar surface area (TPSA) is 108 Å². The average Bonchev–Trinajstić information content (AvgIpc) is 3.65. The summed E-state index contributed by atoms with van der Waals surface area (Å²) in [5.74, 6) is 0.955. The molecule has 1 aromatic heterocycles. The van der Waals surface area contributed by atoms with Crippen LogP contribution in [-0.4, -0.2) is 81.7 Å². The highest BCUT2D eigenvalue weighted by Gasteiger charge is 2.39. The zero-order chi connectivity index (χ0) is 29.0. The first-order valence-electron chi connectivity index (χ1n) is 13.5. The standard InChI is InChI=1S/C30H35N3O7S/c1-37-25-13-7-14-26(38-2)29(25)30(34)32-18-27(39-3)28(19-32)40-22-10-6-9-21(17-22)20-41(35,36)33-16-8-12-24(33)23-11-4-5-15-31-23/h4-7,9-11,13-15,17,24,27-28H,8,12,16,18-20H2,1-3H3/t24?,27-,28-/m1/s1. The fourth-order valence-electron chi connectivity index (χ4n) is 5.59. The highest BCUT2D eigenvalue weighted by molar-refractivity contribution is 7.88. The molecule has 3 heterocycles. The number of methoxy groups -OCH3 is 3.